The van der Waals surface area contributed by atoms with Crippen molar-refractivity contribution in [1.29, 1.82) is 0 Å². The van der Waals surface area contributed by atoms with Crippen molar-refractivity contribution < 1.29 is 23.9 Å². The molecule has 7 nitrogen and oxygen atoms in total. The van der Waals surface area contributed by atoms with Crippen LogP contribution in [0.1, 0.15) is 39.1 Å². The van der Waals surface area contributed by atoms with Crippen LogP contribution in [-0.2, 0) is 14.3 Å². The Morgan fingerprint density at radius 2 is 1.67 bits per heavy atom. The van der Waals surface area contributed by atoms with E-state index in [4.69, 9.17) is 16.3 Å². The molecule has 0 radical (unpaired) electrons. The minimum atomic E-state index is -0.598. The summed E-state index contributed by atoms with van der Waals surface area (Å²) in [5.74, 6) is -1.88. The third kappa shape index (κ3) is 4.73. The molecule has 3 amide bonds. The standard InChI is InChI=1S/C25H21ClN2O5/c1-15-10-11-20(19(26)13-15)27-21(29)14-33-22(30)9-4-12-28-24(31)17-7-2-5-16-6-3-8-18(23(16)17)25(28)32/h2-3,5-8,10-11,13H,4,9,12,14H2,1H3,(H,27,29). The first-order valence-corrected chi connectivity index (χ1v) is 10.8. The predicted molar refractivity (Wildman–Crippen MR) is 124 cm³/mol. The second-order valence-electron chi connectivity index (χ2n) is 7.77. The van der Waals surface area contributed by atoms with E-state index in [1.807, 2.05) is 19.1 Å². The van der Waals surface area contributed by atoms with Gasteiger partial charge in [0.05, 0.1) is 10.7 Å². The van der Waals surface area contributed by atoms with Crippen LogP contribution in [0.5, 0.6) is 0 Å². The number of hydrogen-bond donors (Lipinski definition) is 1. The monoisotopic (exact) mass is 464 g/mol. The number of ether oxygens (including phenoxy) is 1. The van der Waals surface area contributed by atoms with Crippen LogP contribution in [0, 0.1) is 6.92 Å². The molecule has 4 rings (SSSR count). The van der Waals surface area contributed by atoms with Gasteiger partial charge in [0, 0.05) is 29.5 Å². The van der Waals surface area contributed by atoms with E-state index in [1.165, 1.54) is 0 Å². The van der Waals surface area contributed by atoms with Gasteiger partial charge in [-0.1, -0.05) is 41.9 Å². The van der Waals surface area contributed by atoms with E-state index in [-0.39, 0.29) is 31.2 Å². The second kappa shape index (κ2) is 9.42. The number of carbonyl (C=O) groups excluding carboxylic acids is 4. The number of benzene rings is 3. The fourth-order valence-corrected chi connectivity index (χ4v) is 4.07. The Bertz CT molecular complexity index is 1240. The van der Waals surface area contributed by atoms with Crippen LogP contribution in [0.2, 0.25) is 5.02 Å². The van der Waals surface area contributed by atoms with Gasteiger partial charge >= 0.3 is 5.97 Å². The number of aryl methyl sites for hydroxylation is 1. The summed E-state index contributed by atoms with van der Waals surface area (Å²) in [6.07, 6.45) is 0.182. The Hall–Kier alpha value is -3.71. The summed E-state index contributed by atoms with van der Waals surface area (Å²) in [4.78, 5) is 50.9. The van der Waals surface area contributed by atoms with E-state index in [0.717, 1.165) is 15.8 Å². The molecule has 0 bridgehead atoms. The van der Waals surface area contributed by atoms with Gasteiger partial charge in [-0.25, -0.2) is 0 Å². The van der Waals surface area contributed by atoms with E-state index in [2.05, 4.69) is 5.32 Å². The van der Waals surface area contributed by atoms with Gasteiger partial charge < -0.3 is 10.1 Å². The van der Waals surface area contributed by atoms with Crippen LogP contribution in [-0.4, -0.2) is 41.7 Å². The van der Waals surface area contributed by atoms with Crippen molar-refractivity contribution in [2.45, 2.75) is 19.8 Å². The van der Waals surface area contributed by atoms with Gasteiger partial charge in [0.2, 0.25) is 0 Å². The highest BCUT2D eigenvalue weighted by molar-refractivity contribution is 6.33. The zero-order chi connectivity index (χ0) is 23.5. The van der Waals surface area contributed by atoms with Gasteiger partial charge in [-0.3, -0.25) is 24.1 Å². The number of carbonyl (C=O) groups is 4. The molecule has 1 aliphatic heterocycles. The third-order valence-corrected chi connectivity index (χ3v) is 5.69. The lowest BCUT2D eigenvalue weighted by Gasteiger charge is -2.27. The molecule has 0 aromatic heterocycles. The summed E-state index contributed by atoms with van der Waals surface area (Å²) >= 11 is 6.08. The first-order chi connectivity index (χ1) is 15.8. The summed E-state index contributed by atoms with van der Waals surface area (Å²) in [6.45, 7) is 1.49. The van der Waals surface area contributed by atoms with Gasteiger partial charge in [-0.2, -0.15) is 0 Å². The van der Waals surface area contributed by atoms with Crippen LogP contribution in [0.15, 0.2) is 54.6 Å². The average Bonchev–Trinajstić information content (AvgIpc) is 2.80. The lowest BCUT2D eigenvalue weighted by Crippen LogP contribution is -2.41. The van der Waals surface area contributed by atoms with Gasteiger partial charge in [-0.15, -0.1) is 0 Å². The summed E-state index contributed by atoms with van der Waals surface area (Å²) in [7, 11) is 0. The number of nitrogens with one attached hydrogen (secondary N) is 1. The number of halogens is 1. The zero-order valence-corrected chi connectivity index (χ0v) is 18.6. The van der Waals surface area contributed by atoms with Crippen molar-refractivity contribution >= 4 is 51.8 Å². The Kier molecular flexibility index (Phi) is 6.42. The maximum absolute atomic E-state index is 12.9. The van der Waals surface area contributed by atoms with Crippen LogP contribution in [0.25, 0.3) is 10.8 Å². The number of esters is 1. The number of hydrogen-bond acceptors (Lipinski definition) is 5. The Morgan fingerprint density at radius 3 is 2.30 bits per heavy atom. The SMILES string of the molecule is Cc1ccc(NC(=O)COC(=O)CCCN2C(=O)c3cccc4cccc(c34)C2=O)c(Cl)c1. The van der Waals surface area contributed by atoms with Crippen molar-refractivity contribution in [2.75, 3.05) is 18.5 Å². The van der Waals surface area contributed by atoms with Gasteiger partial charge in [0.15, 0.2) is 6.61 Å². The summed E-state index contributed by atoms with van der Waals surface area (Å²) in [5, 5.41) is 4.47. The molecule has 168 valence electrons. The molecule has 1 N–H and O–H groups in total. The molecule has 0 spiro atoms. The van der Waals surface area contributed by atoms with Crippen molar-refractivity contribution in [2.24, 2.45) is 0 Å². The third-order valence-electron chi connectivity index (χ3n) is 5.38. The van der Waals surface area contributed by atoms with Gasteiger partial charge in [0.1, 0.15) is 0 Å². The van der Waals surface area contributed by atoms with E-state index in [0.29, 0.717) is 27.2 Å². The molecule has 1 aliphatic rings. The molecule has 0 atom stereocenters. The molecule has 3 aromatic rings. The maximum atomic E-state index is 12.9. The molecular weight excluding hydrogens is 444 g/mol. The number of rotatable bonds is 7. The molecule has 0 aliphatic carbocycles. The van der Waals surface area contributed by atoms with E-state index in [1.54, 1.807) is 42.5 Å². The van der Waals surface area contributed by atoms with E-state index in [9.17, 15) is 19.2 Å². The molecule has 33 heavy (non-hydrogen) atoms. The highest BCUT2D eigenvalue weighted by Gasteiger charge is 2.32. The van der Waals surface area contributed by atoms with Crippen LogP contribution >= 0.6 is 11.6 Å². The first-order valence-electron chi connectivity index (χ1n) is 10.4. The fraction of sp³-hybridized carbons (Fsp3) is 0.200. The minimum Gasteiger partial charge on any atom is -0.456 e. The highest BCUT2D eigenvalue weighted by atomic mass is 35.5. The lowest BCUT2D eigenvalue weighted by molar-refractivity contribution is -0.147. The molecule has 0 fully saturated rings. The molecule has 0 unspecified atom stereocenters. The normalized spacial score (nSPS) is 12.7. The first kappa shape index (κ1) is 22.5. The number of nitrogens with zero attached hydrogens (tertiary/aromatic N) is 1. The molecule has 8 heteroatoms. The number of imide groups is 1. The van der Waals surface area contributed by atoms with E-state index < -0.39 is 18.5 Å². The quantitative estimate of drug-likeness (QED) is 0.414. The second-order valence-corrected chi connectivity index (χ2v) is 8.17. The summed E-state index contributed by atoms with van der Waals surface area (Å²) in [6, 6.07) is 15.8. The topological polar surface area (TPSA) is 92.8 Å². The zero-order valence-electron chi connectivity index (χ0n) is 17.9. The van der Waals surface area contributed by atoms with Crippen molar-refractivity contribution in [3.05, 3.63) is 76.3 Å². The lowest BCUT2D eigenvalue weighted by atomic mass is 9.94. The fourth-order valence-electron chi connectivity index (χ4n) is 3.79. The van der Waals surface area contributed by atoms with Gasteiger partial charge in [-0.05, 0) is 48.6 Å². The van der Waals surface area contributed by atoms with Crippen LogP contribution in [0.4, 0.5) is 5.69 Å². The Balaban J connectivity index is 1.29. The molecule has 0 saturated heterocycles. The Labute approximate surface area is 195 Å². The highest BCUT2D eigenvalue weighted by Crippen LogP contribution is 2.30. The smallest absolute Gasteiger partial charge is 0.306 e. The van der Waals surface area contributed by atoms with E-state index >= 15 is 0 Å². The van der Waals surface area contributed by atoms with Crippen molar-refractivity contribution in [3.8, 4) is 0 Å². The maximum Gasteiger partial charge on any atom is 0.306 e. The summed E-state index contributed by atoms with van der Waals surface area (Å²) in [5.41, 5.74) is 2.32. The van der Waals surface area contributed by atoms with Gasteiger partial charge in [0.25, 0.3) is 17.7 Å². The van der Waals surface area contributed by atoms with Crippen LogP contribution in [0.3, 0.4) is 0 Å². The predicted octanol–water partition coefficient (Wildman–Crippen LogP) is 4.36. The molecular formula is C25H21ClN2O5. The molecule has 0 saturated carbocycles. The average molecular weight is 465 g/mol. The Morgan fingerprint density at radius 1 is 1.00 bits per heavy atom. The van der Waals surface area contributed by atoms with Crippen molar-refractivity contribution in [3.63, 3.8) is 0 Å². The molecule has 1 heterocycles. The number of anilines is 1. The largest absolute Gasteiger partial charge is 0.456 e. The van der Waals surface area contributed by atoms with Crippen LogP contribution < -0.4 is 5.32 Å². The minimum absolute atomic E-state index is 0.0402. The summed E-state index contributed by atoms with van der Waals surface area (Å²) < 4.78 is 5.00. The molecule has 3 aromatic carbocycles. The number of amides is 3. The van der Waals surface area contributed by atoms with Crippen molar-refractivity contribution in [1.82, 2.24) is 4.90 Å².